The van der Waals surface area contributed by atoms with E-state index in [2.05, 4.69) is 13.0 Å². The Morgan fingerprint density at radius 2 is 1.92 bits per heavy atom. The molecule has 63 valence electrons. The van der Waals surface area contributed by atoms with Crippen LogP contribution in [0.1, 0.15) is 24.5 Å². The summed E-state index contributed by atoms with van der Waals surface area (Å²) in [7, 11) is 0. The molecule has 1 radical (unpaired) electrons. The van der Waals surface area contributed by atoms with E-state index in [0.717, 1.165) is 18.4 Å². The van der Waals surface area contributed by atoms with Crippen LogP contribution in [0.25, 0.3) is 0 Å². The Balaban J connectivity index is 2.83. The molecule has 1 aromatic carbocycles. The second kappa shape index (κ2) is 4.70. The van der Waals surface area contributed by atoms with Crippen LogP contribution in [-0.4, -0.2) is 6.29 Å². The Kier molecular flexibility index (Phi) is 3.52. The molecule has 0 aliphatic heterocycles. The topological polar surface area (TPSA) is 17.1 Å². The molecule has 12 heavy (non-hydrogen) atoms. The van der Waals surface area contributed by atoms with Gasteiger partial charge in [-0.2, -0.15) is 0 Å². The van der Waals surface area contributed by atoms with Crippen molar-refractivity contribution in [3.8, 4) is 0 Å². The first-order valence-corrected chi connectivity index (χ1v) is 4.30. The lowest BCUT2D eigenvalue weighted by Gasteiger charge is -2.03. The monoisotopic (exact) mass is 161 g/mol. The van der Waals surface area contributed by atoms with Gasteiger partial charge in [-0.15, -0.1) is 0 Å². The average Bonchev–Trinajstić information content (AvgIpc) is 2.09. The lowest BCUT2D eigenvalue weighted by molar-refractivity contribution is 0.555. The Hall–Kier alpha value is -1.11. The van der Waals surface area contributed by atoms with Crippen molar-refractivity contribution >= 4 is 6.29 Å². The summed E-state index contributed by atoms with van der Waals surface area (Å²) in [4.78, 5) is 10.2. The summed E-state index contributed by atoms with van der Waals surface area (Å²) >= 11 is 0. The molecule has 0 saturated heterocycles. The third-order valence-electron chi connectivity index (χ3n) is 1.90. The largest absolute Gasteiger partial charge is 0.291 e. The summed E-state index contributed by atoms with van der Waals surface area (Å²) in [5.74, 6) is 0. The molecule has 0 aliphatic carbocycles. The summed E-state index contributed by atoms with van der Waals surface area (Å²) in [6, 6.07) is 8.05. The normalized spacial score (nSPS) is 9.75. The summed E-state index contributed by atoms with van der Waals surface area (Å²) < 4.78 is 0. The summed E-state index contributed by atoms with van der Waals surface area (Å²) in [5.41, 5.74) is 2.40. The van der Waals surface area contributed by atoms with E-state index < -0.39 is 0 Å². The second-order valence-electron chi connectivity index (χ2n) is 2.84. The molecular weight excluding hydrogens is 148 g/mol. The third kappa shape index (κ3) is 2.19. The summed E-state index contributed by atoms with van der Waals surface area (Å²) in [5, 5.41) is 0. The molecule has 0 spiro atoms. The fourth-order valence-electron chi connectivity index (χ4n) is 1.32. The fourth-order valence-corrected chi connectivity index (χ4v) is 1.32. The zero-order valence-corrected chi connectivity index (χ0v) is 7.34. The van der Waals surface area contributed by atoms with Crippen molar-refractivity contribution in [2.45, 2.75) is 26.2 Å². The fraction of sp³-hybridized carbons (Fsp3) is 0.364. The van der Waals surface area contributed by atoms with Crippen molar-refractivity contribution in [1.29, 1.82) is 0 Å². The van der Waals surface area contributed by atoms with E-state index in [9.17, 15) is 4.79 Å². The molecular formula is C11H13O. The van der Waals surface area contributed by atoms with Gasteiger partial charge in [-0.05, 0) is 17.5 Å². The molecule has 1 heteroatoms. The van der Waals surface area contributed by atoms with Crippen LogP contribution in [0.3, 0.4) is 0 Å². The lowest BCUT2D eigenvalue weighted by Crippen LogP contribution is -1.93. The van der Waals surface area contributed by atoms with Gasteiger partial charge >= 0.3 is 0 Å². The highest BCUT2D eigenvalue weighted by Crippen LogP contribution is 2.10. The number of carbonyl (C=O) groups excluding carboxylic acids is 1. The predicted octanol–water partition coefficient (Wildman–Crippen LogP) is 2.29. The molecule has 0 heterocycles. The number of rotatable bonds is 4. The van der Waals surface area contributed by atoms with Gasteiger partial charge in [0.1, 0.15) is 0 Å². The Morgan fingerprint density at radius 1 is 1.25 bits per heavy atom. The average molecular weight is 161 g/mol. The first-order valence-electron chi connectivity index (χ1n) is 4.30. The van der Waals surface area contributed by atoms with Gasteiger partial charge in [0.25, 0.3) is 0 Å². The minimum atomic E-state index is 0.427. The van der Waals surface area contributed by atoms with Gasteiger partial charge < -0.3 is 0 Å². The highest BCUT2D eigenvalue weighted by atomic mass is 16.1. The maximum atomic E-state index is 10.2. The van der Waals surface area contributed by atoms with Crippen LogP contribution in [-0.2, 0) is 17.6 Å². The predicted molar refractivity (Wildman–Crippen MR) is 49.8 cm³/mol. The highest BCUT2D eigenvalue weighted by Gasteiger charge is 1.98. The molecule has 0 atom stereocenters. The Bertz CT molecular complexity index is 253. The zero-order valence-electron chi connectivity index (χ0n) is 7.34. The molecule has 0 aliphatic rings. The van der Waals surface area contributed by atoms with Gasteiger partial charge in [0.15, 0.2) is 0 Å². The van der Waals surface area contributed by atoms with Gasteiger partial charge in [0, 0.05) is 6.42 Å². The van der Waals surface area contributed by atoms with Gasteiger partial charge in [0.05, 0.1) is 0 Å². The van der Waals surface area contributed by atoms with Crippen LogP contribution in [0.4, 0.5) is 0 Å². The van der Waals surface area contributed by atoms with E-state index >= 15 is 0 Å². The molecule has 0 saturated carbocycles. The number of benzene rings is 1. The van der Waals surface area contributed by atoms with E-state index in [1.54, 1.807) is 0 Å². The van der Waals surface area contributed by atoms with Crippen molar-refractivity contribution < 1.29 is 4.79 Å². The van der Waals surface area contributed by atoms with Crippen LogP contribution >= 0.6 is 0 Å². The van der Waals surface area contributed by atoms with Crippen LogP contribution < -0.4 is 0 Å². The second-order valence-corrected chi connectivity index (χ2v) is 2.84. The zero-order chi connectivity index (χ0) is 8.81. The van der Waals surface area contributed by atoms with Gasteiger partial charge in [-0.3, -0.25) is 4.79 Å². The maximum absolute atomic E-state index is 10.2. The van der Waals surface area contributed by atoms with Gasteiger partial charge in [0.2, 0.25) is 6.29 Å². The Morgan fingerprint density at radius 3 is 2.50 bits per heavy atom. The quantitative estimate of drug-likeness (QED) is 0.662. The third-order valence-corrected chi connectivity index (χ3v) is 1.90. The molecule has 0 aromatic heterocycles. The van der Waals surface area contributed by atoms with E-state index in [1.165, 1.54) is 5.56 Å². The standard InChI is InChI=1S/C11H13O/c1-2-5-10-6-3-4-7-11(10)8-9-12/h3-4,6-7H,2,5,8H2,1H3. The van der Waals surface area contributed by atoms with Crippen molar-refractivity contribution in [1.82, 2.24) is 0 Å². The molecule has 1 nitrogen and oxygen atoms in total. The first-order chi connectivity index (χ1) is 5.88. The van der Waals surface area contributed by atoms with Gasteiger partial charge in [-0.25, -0.2) is 0 Å². The van der Waals surface area contributed by atoms with Crippen LogP contribution in [0.2, 0.25) is 0 Å². The molecule has 1 rings (SSSR count). The lowest BCUT2D eigenvalue weighted by atomic mass is 10.0. The molecule has 1 aromatic rings. The van der Waals surface area contributed by atoms with E-state index in [4.69, 9.17) is 0 Å². The molecule has 0 amide bonds. The van der Waals surface area contributed by atoms with Gasteiger partial charge in [-0.1, -0.05) is 37.6 Å². The van der Waals surface area contributed by atoms with Crippen molar-refractivity contribution in [2.75, 3.05) is 0 Å². The molecule has 0 fully saturated rings. The smallest absolute Gasteiger partial charge is 0.203 e. The number of hydrogen-bond donors (Lipinski definition) is 0. The van der Waals surface area contributed by atoms with E-state index in [0.29, 0.717) is 6.42 Å². The van der Waals surface area contributed by atoms with E-state index in [1.807, 2.05) is 24.5 Å². The minimum absolute atomic E-state index is 0.427. The van der Waals surface area contributed by atoms with Crippen LogP contribution in [0, 0.1) is 0 Å². The SMILES string of the molecule is CCCc1ccccc1C[C]=O. The molecule has 0 bridgehead atoms. The molecule has 0 unspecified atom stereocenters. The van der Waals surface area contributed by atoms with E-state index in [-0.39, 0.29) is 0 Å². The number of aryl methyl sites for hydroxylation is 1. The summed E-state index contributed by atoms with van der Waals surface area (Å²) in [6.07, 6.45) is 4.53. The van der Waals surface area contributed by atoms with Crippen molar-refractivity contribution in [2.24, 2.45) is 0 Å². The maximum Gasteiger partial charge on any atom is 0.203 e. The number of hydrogen-bond acceptors (Lipinski definition) is 1. The minimum Gasteiger partial charge on any atom is -0.291 e. The van der Waals surface area contributed by atoms with Crippen molar-refractivity contribution in [3.63, 3.8) is 0 Å². The summed E-state index contributed by atoms with van der Waals surface area (Å²) in [6.45, 7) is 2.14. The molecule has 0 N–H and O–H groups in total. The van der Waals surface area contributed by atoms with Crippen LogP contribution in [0.15, 0.2) is 24.3 Å². The Labute approximate surface area is 73.4 Å². The van der Waals surface area contributed by atoms with Crippen LogP contribution in [0.5, 0.6) is 0 Å². The van der Waals surface area contributed by atoms with Crippen molar-refractivity contribution in [3.05, 3.63) is 35.4 Å². The first kappa shape index (κ1) is 8.98. The highest BCUT2D eigenvalue weighted by molar-refractivity contribution is 5.56.